The Morgan fingerprint density at radius 2 is 1.89 bits per heavy atom. The monoisotopic (exact) mass is 252 g/mol. The van der Waals surface area contributed by atoms with Crippen molar-refractivity contribution in [3.63, 3.8) is 0 Å². The third kappa shape index (κ3) is 4.47. The number of aliphatic carboxylic acids is 1. The van der Waals surface area contributed by atoms with Crippen LogP contribution in [-0.4, -0.2) is 16.7 Å². The Labute approximate surface area is 108 Å². The largest absolute Gasteiger partial charge is 0.481 e. The number of carboxylic acids is 1. The minimum atomic E-state index is -1.25. The second kappa shape index (κ2) is 5.09. The number of hydrogen-bond donors (Lipinski definition) is 1. The SMILES string of the molecule is CC(C)(F)Cc1cccc(C(C)(C)CC(=O)O)c1. The second-order valence-corrected chi connectivity index (χ2v) is 6.05. The maximum absolute atomic E-state index is 13.6. The van der Waals surface area contributed by atoms with E-state index in [0.717, 1.165) is 11.1 Å². The van der Waals surface area contributed by atoms with Crippen molar-refractivity contribution in [2.75, 3.05) is 0 Å². The molecular weight excluding hydrogens is 231 g/mol. The molecule has 0 unspecified atom stereocenters. The lowest BCUT2D eigenvalue weighted by molar-refractivity contribution is -0.138. The third-order valence-corrected chi connectivity index (χ3v) is 2.93. The fourth-order valence-electron chi connectivity index (χ4n) is 2.07. The lowest BCUT2D eigenvalue weighted by Crippen LogP contribution is -2.22. The highest BCUT2D eigenvalue weighted by Crippen LogP contribution is 2.28. The molecule has 0 amide bonds. The number of halogens is 1. The molecule has 0 radical (unpaired) electrons. The topological polar surface area (TPSA) is 37.3 Å². The number of carbonyl (C=O) groups is 1. The van der Waals surface area contributed by atoms with Crippen molar-refractivity contribution < 1.29 is 14.3 Å². The van der Waals surface area contributed by atoms with Crippen LogP contribution in [0.1, 0.15) is 45.2 Å². The summed E-state index contributed by atoms with van der Waals surface area (Å²) in [6.45, 7) is 6.87. The number of alkyl halides is 1. The number of carboxylic acid groups (broad SMARTS) is 1. The number of hydrogen-bond acceptors (Lipinski definition) is 1. The molecule has 0 atom stereocenters. The van der Waals surface area contributed by atoms with Crippen LogP contribution >= 0.6 is 0 Å². The van der Waals surface area contributed by atoms with E-state index in [4.69, 9.17) is 5.11 Å². The molecule has 0 aliphatic heterocycles. The standard InChI is InChI=1S/C15H21FO2/c1-14(2,10-13(17)18)12-7-5-6-11(8-12)9-15(3,4)16/h5-8H,9-10H2,1-4H3,(H,17,18). The van der Waals surface area contributed by atoms with E-state index in [1.54, 1.807) is 13.8 Å². The zero-order valence-electron chi connectivity index (χ0n) is 11.5. The van der Waals surface area contributed by atoms with E-state index in [1.165, 1.54) is 0 Å². The Hall–Kier alpha value is -1.38. The average molecular weight is 252 g/mol. The molecule has 0 saturated carbocycles. The molecule has 2 nitrogen and oxygen atoms in total. The van der Waals surface area contributed by atoms with Gasteiger partial charge < -0.3 is 5.11 Å². The summed E-state index contributed by atoms with van der Waals surface area (Å²) >= 11 is 0. The Kier molecular flexibility index (Phi) is 4.15. The van der Waals surface area contributed by atoms with Gasteiger partial charge in [0.1, 0.15) is 5.67 Å². The highest BCUT2D eigenvalue weighted by atomic mass is 19.1. The molecule has 0 heterocycles. The van der Waals surface area contributed by atoms with Crippen LogP contribution in [0.2, 0.25) is 0 Å². The molecule has 0 fully saturated rings. The molecule has 1 aromatic rings. The highest BCUT2D eigenvalue weighted by Gasteiger charge is 2.25. The van der Waals surface area contributed by atoms with Crippen molar-refractivity contribution in [3.8, 4) is 0 Å². The summed E-state index contributed by atoms with van der Waals surface area (Å²) in [5.41, 5.74) is 0.142. The summed E-state index contributed by atoms with van der Waals surface area (Å²) in [5, 5.41) is 8.91. The van der Waals surface area contributed by atoms with Crippen LogP contribution in [0.5, 0.6) is 0 Å². The highest BCUT2D eigenvalue weighted by molar-refractivity contribution is 5.68. The van der Waals surface area contributed by atoms with E-state index in [-0.39, 0.29) is 6.42 Å². The quantitative estimate of drug-likeness (QED) is 0.867. The Morgan fingerprint density at radius 3 is 2.39 bits per heavy atom. The fraction of sp³-hybridized carbons (Fsp3) is 0.533. The van der Waals surface area contributed by atoms with Crippen LogP contribution in [0.4, 0.5) is 4.39 Å². The molecule has 0 spiro atoms. The van der Waals surface area contributed by atoms with E-state index in [1.807, 2.05) is 38.1 Å². The predicted molar refractivity (Wildman–Crippen MR) is 70.6 cm³/mol. The summed E-state index contributed by atoms with van der Waals surface area (Å²) < 4.78 is 13.6. The van der Waals surface area contributed by atoms with Gasteiger partial charge in [-0.1, -0.05) is 38.1 Å². The first-order valence-electron chi connectivity index (χ1n) is 6.10. The van der Waals surface area contributed by atoms with Crippen LogP contribution in [0.15, 0.2) is 24.3 Å². The lowest BCUT2D eigenvalue weighted by atomic mass is 9.80. The molecule has 0 bridgehead atoms. The van der Waals surface area contributed by atoms with Gasteiger partial charge in [-0.25, -0.2) is 4.39 Å². The van der Waals surface area contributed by atoms with Gasteiger partial charge in [-0.3, -0.25) is 4.79 Å². The molecule has 3 heteroatoms. The molecule has 0 aliphatic carbocycles. The van der Waals surface area contributed by atoms with E-state index < -0.39 is 17.1 Å². The van der Waals surface area contributed by atoms with Gasteiger partial charge in [-0.15, -0.1) is 0 Å². The van der Waals surface area contributed by atoms with Crippen molar-refractivity contribution in [2.45, 2.75) is 51.6 Å². The van der Waals surface area contributed by atoms with Crippen molar-refractivity contribution in [3.05, 3.63) is 35.4 Å². The third-order valence-electron chi connectivity index (χ3n) is 2.93. The molecular formula is C15H21FO2. The minimum Gasteiger partial charge on any atom is -0.481 e. The smallest absolute Gasteiger partial charge is 0.304 e. The first-order valence-corrected chi connectivity index (χ1v) is 6.10. The molecule has 1 aromatic carbocycles. The van der Waals surface area contributed by atoms with Gasteiger partial charge in [0.2, 0.25) is 0 Å². The van der Waals surface area contributed by atoms with Gasteiger partial charge in [-0.05, 0) is 25.0 Å². The zero-order valence-corrected chi connectivity index (χ0v) is 11.5. The van der Waals surface area contributed by atoms with Crippen molar-refractivity contribution in [1.29, 1.82) is 0 Å². The Balaban J connectivity index is 2.97. The molecule has 0 aromatic heterocycles. The van der Waals surface area contributed by atoms with E-state index in [2.05, 4.69) is 0 Å². The van der Waals surface area contributed by atoms with E-state index in [9.17, 15) is 9.18 Å². The number of rotatable bonds is 5. The van der Waals surface area contributed by atoms with Gasteiger partial charge in [0.05, 0.1) is 6.42 Å². The summed E-state index contributed by atoms with van der Waals surface area (Å²) in [6, 6.07) is 7.55. The first kappa shape index (κ1) is 14.7. The maximum Gasteiger partial charge on any atom is 0.304 e. The molecule has 0 saturated heterocycles. The summed E-state index contributed by atoms with van der Waals surface area (Å²) in [7, 11) is 0. The molecule has 0 aliphatic rings. The number of benzene rings is 1. The summed E-state index contributed by atoms with van der Waals surface area (Å²) in [6.07, 6.45) is 0.402. The average Bonchev–Trinajstić information content (AvgIpc) is 2.13. The van der Waals surface area contributed by atoms with Crippen molar-refractivity contribution in [1.82, 2.24) is 0 Å². The van der Waals surface area contributed by atoms with Crippen LogP contribution in [-0.2, 0) is 16.6 Å². The van der Waals surface area contributed by atoms with Gasteiger partial charge in [-0.2, -0.15) is 0 Å². The summed E-state index contributed by atoms with van der Waals surface area (Å²) in [4.78, 5) is 10.8. The first-order chi connectivity index (χ1) is 8.10. The van der Waals surface area contributed by atoms with Crippen LogP contribution in [0.25, 0.3) is 0 Å². The van der Waals surface area contributed by atoms with Gasteiger partial charge >= 0.3 is 5.97 Å². The van der Waals surface area contributed by atoms with Crippen molar-refractivity contribution in [2.24, 2.45) is 0 Å². The van der Waals surface area contributed by atoms with E-state index >= 15 is 0 Å². The second-order valence-electron chi connectivity index (χ2n) is 6.05. The Morgan fingerprint density at radius 1 is 1.28 bits per heavy atom. The maximum atomic E-state index is 13.6. The zero-order chi connectivity index (χ0) is 14.0. The normalized spacial score (nSPS) is 12.5. The minimum absolute atomic E-state index is 0.0650. The molecule has 1 N–H and O–H groups in total. The summed E-state index contributed by atoms with van der Waals surface area (Å²) in [5.74, 6) is -0.823. The molecule has 18 heavy (non-hydrogen) atoms. The lowest BCUT2D eigenvalue weighted by Gasteiger charge is -2.24. The Bertz CT molecular complexity index is 430. The molecule has 1 rings (SSSR count). The fourth-order valence-corrected chi connectivity index (χ4v) is 2.07. The van der Waals surface area contributed by atoms with Gasteiger partial charge in [0.15, 0.2) is 0 Å². The van der Waals surface area contributed by atoms with E-state index in [0.29, 0.717) is 6.42 Å². The van der Waals surface area contributed by atoms with Gasteiger partial charge in [0.25, 0.3) is 0 Å². The van der Waals surface area contributed by atoms with Gasteiger partial charge in [0, 0.05) is 11.8 Å². The van der Waals surface area contributed by atoms with Crippen LogP contribution in [0, 0.1) is 0 Å². The van der Waals surface area contributed by atoms with Crippen LogP contribution < -0.4 is 0 Å². The molecule has 100 valence electrons. The predicted octanol–water partition coefficient (Wildman–Crippen LogP) is 3.73. The van der Waals surface area contributed by atoms with Crippen molar-refractivity contribution >= 4 is 5.97 Å². The van der Waals surface area contributed by atoms with Crippen LogP contribution in [0.3, 0.4) is 0 Å².